The Morgan fingerprint density at radius 1 is 1.14 bits per heavy atom. The first-order chi connectivity index (χ1) is 10.1. The molecule has 4 nitrogen and oxygen atoms in total. The fourth-order valence-electron chi connectivity index (χ4n) is 3.43. The highest BCUT2D eigenvalue weighted by atomic mass is 19.1. The van der Waals surface area contributed by atoms with E-state index in [9.17, 15) is 9.18 Å². The van der Waals surface area contributed by atoms with Crippen molar-refractivity contribution in [3.05, 3.63) is 29.6 Å². The number of carbonyl (C=O) groups excluding carboxylic acids is 1. The Morgan fingerprint density at radius 2 is 1.81 bits per heavy atom. The number of piperazine rings is 1. The zero-order valence-corrected chi connectivity index (χ0v) is 12.2. The van der Waals surface area contributed by atoms with E-state index >= 15 is 0 Å². The summed E-state index contributed by atoms with van der Waals surface area (Å²) in [5.41, 5.74) is 5.99. The summed E-state index contributed by atoms with van der Waals surface area (Å²) >= 11 is 0. The highest BCUT2D eigenvalue weighted by molar-refractivity contribution is 5.94. The van der Waals surface area contributed by atoms with Crippen molar-refractivity contribution in [3.8, 4) is 0 Å². The predicted octanol–water partition coefficient (Wildman–Crippen LogP) is 2.11. The minimum atomic E-state index is -0.529. The van der Waals surface area contributed by atoms with Gasteiger partial charge in [0.1, 0.15) is 5.82 Å². The molecule has 1 aromatic carbocycles. The van der Waals surface area contributed by atoms with E-state index in [-0.39, 0.29) is 11.5 Å². The van der Waals surface area contributed by atoms with E-state index in [2.05, 4.69) is 4.90 Å². The van der Waals surface area contributed by atoms with Gasteiger partial charge >= 0.3 is 0 Å². The topological polar surface area (TPSA) is 49.6 Å². The first kappa shape index (κ1) is 14.3. The summed E-state index contributed by atoms with van der Waals surface area (Å²) in [6, 6.07) is 4.96. The second kappa shape index (κ2) is 6.02. The molecule has 3 rings (SSSR count). The van der Waals surface area contributed by atoms with Gasteiger partial charge in [-0.3, -0.25) is 9.69 Å². The van der Waals surface area contributed by atoms with Crippen LogP contribution in [-0.4, -0.2) is 47.9 Å². The molecule has 0 aromatic heterocycles. The molecule has 21 heavy (non-hydrogen) atoms. The molecule has 1 heterocycles. The molecule has 1 saturated heterocycles. The molecule has 2 N–H and O–H groups in total. The number of amides is 1. The number of carbonyl (C=O) groups is 1. The third-order valence-electron chi connectivity index (χ3n) is 4.67. The zero-order chi connectivity index (χ0) is 14.8. The monoisotopic (exact) mass is 291 g/mol. The second-order valence-corrected chi connectivity index (χ2v) is 6.01. The summed E-state index contributed by atoms with van der Waals surface area (Å²) in [6.45, 7) is 3.15. The number of nitrogen functional groups attached to an aromatic ring is 1. The zero-order valence-electron chi connectivity index (χ0n) is 12.2. The van der Waals surface area contributed by atoms with Crippen LogP contribution in [0.5, 0.6) is 0 Å². The van der Waals surface area contributed by atoms with E-state index in [1.54, 1.807) is 11.0 Å². The van der Waals surface area contributed by atoms with Crippen molar-refractivity contribution >= 4 is 11.6 Å². The first-order valence-electron chi connectivity index (χ1n) is 7.73. The SMILES string of the molecule is Nc1ccc(C(=O)N2CCN(C3CCCC3)CC2)c(F)c1. The number of nitrogens with two attached hydrogens (primary N) is 1. The van der Waals surface area contributed by atoms with Gasteiger partial charge in [-0.05, 0) is 31.0 Å². The third kappa shape index (κ3) is 3.02. The molecule has 0 radical (unpaired) electrons. The number of hydrogen-bond donors (Lipinski definition) is 1. The van der Waals surface area contributed by atoms with E-state index in [1.165, 1.54) is 37.8 Å². The molecule has 1 aliphatic carbocycles. The Kier molecular flexibility index (Phi) is 4.10. The van der Waals surface area contributed by atoms with Crippen LogP contribution in [0, 0.1) is 5.82 Å². The van der Waals surface area contributed by atoms with Crippen LogP contribution in [0.2, 0.25) is 0 Å². The number of rotatable bonds is 2. The van der Waals surface area contributed by atoms with Crippen molar-refractivity contribution in [1.82, 2.24) is 9.80 Å². The molecule has 1 aromatic rings. The maximum Gasteiger partial charge on any atom is 0.256 e. The third-order valence-corrected chi connectivity index (χ3v) is 4.67. The van der Waals surface area contributed by atoms with Gasteiger partial charge < -0.3 is 10.6 Å². The van der Waals surface area contributed by atoms with E-state index in [4.69, 9.17) is 5.73 Å². The summed E-state index contributed by atoms with van der Waals surface area (Å²) in [5, 5.41) is 0. The molecule has 0 unspecified atom stereocenters. The minimum absolute atomic E-state index is 0.124. The molecule has 0 atom stereocenters. The fraction of sp³-hybridized carbons (Fsp3) is 0.562. The number of hydrogen-bond acceptors (Lipinski definition) is 3. The van der Waals surface area contributed by atoms with Gasteiger partial charge in [-0.15, -0.1) is 0 Å². The average molecular weight is 291 g/mol. The minimum Gasteiger partial charge on any atom is -0.399 e. The average Bonchev–Trinajstić information content (AvgIpc) is 3.01. The number of nitrogens with zero attached hydrogens (tertiary/aromatic N) is 2. The summed E-state index contributed by atoms with van der Waals surface area (Å²) in [5.74, 6) is -0.753. The molecular formula is C16H22FN3O. The molecule has 1 aliphatic heterocycles. The highest BCUT2D eigenvalue weighted by Gasteiger charge is 2.28. The fourth-order valence-corrected chi connectivity index (χ4v) is 3.43. The normalized spacial score (nSPS) is 20.9. The van der Waals surface area contributed by atoms with Gasteiger partial charge in [0.15, 0.2) is 0 Å². The summed E-state index contributed by atoms with van der Waals surface area (Å²) in [4.78, 5) is 16.6. The van der Waals surface area contributed by atoms with Crippen LogP contribution in [-0.2, 0) is 0 Å². The van der Waals surface area contributed by atoms with Crippen molar-refractivity contribution in [2.75, 3.05) is 31.9 Å². The van der Waals surface area contributed by atoms with Crippen LogP contribution in [0.4, 0.5) is 10.1 Å². The maximum atomic E-state index is 13.8. The van der Waals surface area contributed by atoms with Gasteiger partial charge in [0.05, 0.1) is 5.56 Å². The number of benzene rings is 1. The summed E-state index contributed by atoms with van der Waals surface area (Å²) < 4.78 is 13.8. The highest BCUT2D eigenvalue weighted by Crippen LogP contribution is 2.24. The van der Waals surface area contributed by atoms with Crippen LogP contribution in [0.25, 0.3) is 0 Å². The molecule has 114 valence electrons. The number of anilines is 1. The van der Waals surface area contributed by atoms with Gasteiger partial charge in [-0.1, -0.05) is 12.8 Å². The van der Waals surface area contributed by atoms with E-state index in [0.29, 0.717) is 24.8 Å². The molecular weight excluding hydrogens is 269 g/mol. The van der Waals surface area contributed by atoms with Crippen LogP contribution in [0.3, 0.4) is 0 Å². The predicted molar refractivity (Wildman–Crippen MR) is 80.5 cm³/mol. The smallest absolute Gasteiger partial charge is 0.256 e. The lowest BCUT2D eigenvalue weighted by Gasteiger charge is -2.38. The van der Waals surface area contributed by atoms with Gasteiger partial charge in [0, 0.05) is 37.9 Å². The number of halogens is 1. The Hall–Kier alpha value is -1.62. The molecule has 2 fully saturated rings. The van der Waals surface area contributed by atoms with Crippen molar-refractivity contribution in [2.24, 2.45) is 0 Å². The van der Waals surface area contributed by atoms with Crippen molar-refractivity contribution in [3.63, 3.8) is 0 Å². The standard InChI is InChI=1S/C16H22FN3O/c17-15-11-12(18)5-6-14(15)16(21)20-9-7-19(8-10-20)13-3-1-2-4-13/h5-6,11,13H,1-4,7-10,18H2. The summed E-state index contributed by atoms with van der Waals surface area (Å²) in [6.07, 6.45) is 5.20. The van der Waals surface area contributed by atoms with E-state index in [0.717, 1.165) is 13.1 Å². The van der Waals surface area contributed by atoms with Crippen molar-refractivity contribution in [2.45, 2.75) is 31.7 Å². The van der Waals surface area contributed by atoms with Gasteiger partial charge in [0.25, 0.3) is 5.91 Å². The Labute approximate surface area is 124 Å². The second-order valence-electron chi connectivity index (χ2n) is 6.01. The molecule has 1 saturated carbocycles. The quantitative estimate of drug-likeness (QED) is 0.849. The maximum absolute atomic E-state index is 13.8. The molecule has 2 aliphatic rings. The van der Waals surface area contributed by atoms with Crippen LogP contribution in [0.15, 0.2) is 18.2 Å². The van der Waals surface area contributed by atoms with Crippen LogP contribution >= 0.6 is 0 Å². The molecule has 0 spiro atoms. The Bertz CT molecular complexity index is 520. The van der Waals surface area contributed by atoms with E-state index in [1.807, 2.05) is 0 Å². The molecule has 0 bridgehead atoms. The van der Waals surface area contributed by atoms with Crippen LogP contribution in [0.1, 0.15) is 36.0 Å². The van der Waals surface area contributed by atoms with Gasteiger partial charge in [-0.25, -0.2) is 4.39 Å². The Balaban J connectivity index is 1.62. The first-order valence-corrected chi connectivity index (χ1v) is 7.73. The molecule has 1 amide bonds. The molecule has 5 heteroatoms. The lowest BCUT2D eigenvalue weighted by Crippen LogP contribution is -2.51. The van der Waals surface area contributed by atoms with Gasteiger partial charge in [-0.2, -0.15) is 0 Å². The Morgan fingerprint density at radius 3 is 2.43 bits per heavy atom. The van der Waals surface area contributed by atoms with Gasteiger partial charge in [0.2, 0.25) is 0 Å². The van der Waals surface area contributed by atoms with E-state index < -0.39 is 5.82 Å². The largest absolute Gasteiger partial charge is 0.399 e. The van der Waals surface area contributed by atoms with Crippen molar-refractivity contribution < 1.29 is 9.18 Å². The van der Waals surface area contributed by atoms with Crippen molar-refractivity contribution in [1.29, 1.82) is 0 Å². The lowest BCUT2D eigenvalue weighted by atomic mass is 10.1. The van der Waals surface area contributed by atoms with Crippen LogP contribution < -0.4 is 5.73 Å². The lowest BCUT2D eigenvalue weighted by molar-refractivity contribution is 0.0569. The summed E-state index contributed by atoms with van der Waals surface area (Å²) in [7, 11) is 0.